The van der Waals surface area contributed by atoms with Crippen LogP contribution in [-0.4, -0.2) is 30.1 Å². The van der Waals surface area contributed by atoms with Gasteiger partial charge in [-0.1, -0.05) is 0 Å². The van der Waals surface area contributed by atoms with Crippen LogP contribution >= 0.6 is 0 Å². The van der Waals surface area contributed by atoms with E-state index in [1.54, 1.807) is 0 Å². The number of halogens is 1. The highest BCUT2D eigenvalue weighted by molar-refractivity contribution is 6.01. The fourth-order valence-corrected chi connectivity index (χ4v) is 2.11. The van der Waals surface area contributed by atoms with E-state index in [0.717, 1.165) is 31.5 Å². The molecule has 0 aromatic heterocycles. The lowest BCUT2D eigenvalue weighted by atomic mass is 9.98. The molecule has 19 heavy (non-hydrogen) atoms. The summed E-state index contributed by atoms with van der Waals surface area (Å²) >= 11 is 0. The minimum Gasteiger partial charge on any atom is -0.478 e. The number of hydrogen-bond donors (Lipinski definition) is 3. The van der Waals surface area contributed by atoms with Crippen LogP contribution in [0, 0.1) is 11.7 Å². The van der Waals surface area contributed by atoms with Gasteiger partial charge >= 0.3 is 5.97 Å². The van der Waals surface area contributed by atoms with Crippen LogP contribution in [0.1, 0.15) is 23.2 Å². The second-order valence-corrected chi connectivity index (χ2v) is 4.53. The van der Waals surface area contributed by atoms with Crippen LogP contribution in [0.25, 0.3) is 0 Å². The second kappa shape index (κ2) is 5.79. The van der Waals surface area contributed by atoms with E-state index in [9.17, 15) is 14.0 Å². The Morgan fingerprint density at radius 3 is 2.84 bits per heavy atom. The van der Waals surface area contributed by atoms with Crippen LogP contribution in [-0.2, 0) is 4.79 Å². The summed E-state index contributed by atoms with van der Waals surface area (Å²) in [5.41, 5.74) is -0.110. The largest absolute Gasteiger partial charge is 0.478 e. The highest BCUT2D eigenvalue weighted by Crippen LogP contribution is 2.19. The Morgan fingerprint density at radius 1 is 1.42 bits per heavy atom. The molecule has 1 aliphatic rings. The van der Waals surface area contributed by atoms with Crippen molar-refractivity contribution in [1.82, 2.24) is 5.32 Å². The Bertz CT molecular complexity index is 499. The third kappa shape index (κ3) is 3.29. The number of carboxylic acid groups (broad SMARTS) is 1. The molecule has 0 spiro atoms. The predicted octanol–water partition coefficient (Wildman–Crippen LogP) is 1.46. The number of hydrogen-bond acceptors (Lipinski definition) is 3. The highest BCUT2D eigenvalue weighted by Gasteiger charge is 2.22. The number of carbonyl (C=O) groups is 2. The minimum atomic E-state index is -1.27. The van der Waals surface area contributed by atoms with Gasteiger partial charge in [-0.3, -0.25) is 4.79 Å². The van der Waals surface area contributed by atoms with Crippen LogP contribution < -0.4 is 10.6 Å². The van der Waals surface area contributed by atoms with Gasteiger partial charge < -0.3 is 15.7 Å². The zero-order chi connectivity index (χ0) is 13.8. The smallest absolute Gasteiger partial charge is 0.337 e. The zero-order valence-electron chi connectivity index (χ0n) is 10.3. The molecule has 3 N–H and O–H groups in total. The molecule has 1 amide bonds. The van der Waals surface area contributed by atoms with Gasteiger partial charge in [-0.2, -0.15) is 0 Å². The molecule has 1 aliphatic heterocycles. The van der Waals surface area contributed by atoms with Crippen LogP contribution in [0.5, 0.6) is 0 Å². The molecule has 1 atom stereocenters. The number of piperidine rings is 1. The van der Waals surface area contributed by atoms with Crippen molar-refractivity contribution in [3.05, 3.63) is 29.6 Å². The lowest BCUT2D eigenvalue weighted by Crippen LogP contribution is -2.37. The average molecular weight is 266 g/mol. The molecule has 1 aromatic carbocycles. The van der Waals surface area contributed by atoms with Crippen LogP contribution in [0.3, 0.4) is 0 Å². The summed E-state index contributed by atoms with van der Waals surface area (Å²) in [5, 5.41) is 14.7. The van der Waals surface area contributed by atoms with Gasteiger partial charge in [0.25, 0.3) is 0 Å². The Hall–Kier alpha value is -1.95. The van der Waals surface area contributed by atoms with Crippen molar-refractivity contribution in [3.8, 4) is 0 Å². The molecule has 5 nitrogen and oxygen atoms in total. The number of rotatable bonds is 3. The van der Waals surface area contributed by atoms with Gasteiger partial charge in [0.05, 0.1) is 17.2 Å². The first-order chi connectivity index (χ1) is 9.08. The first kappa shape index (κ1) is 13.5. The number of aromatic carboxylic acids is 1. The fraction of sp³-hybridized carbons (Fsp3) is 0.385. The van der Waals surface area contributed by atoms with E-state index in [0.29, 0.717) is 6.54 Å². The third-order valence-electron chi connectivity index (χ3n) is 3.14. The van der Waals surface area contributed by atoms with E-state index in [2.05, 4.69) is 10.6 Å². The molecule has 1 saturated heterocycles. The van der Waals surface area contributed by atoms with E-state index in [-0.39, 0.29) is 23.1 Å². The Kier molecular flexibility index (Phi) is 4.11. The summed E-state index contributed by atoms with van der Waals surface area (Å²) in [6, 6.07) is 3.30. The zero-order valence-corrected chi connectivity index (χ0v) is 10.3. The van der Waals surface area contributed by atoms with Gasteiger partial charge in [-0.25, -0.2) is 9.18 Å². The maximum atomic E-state index is 13.0. The monoisotopic (exact) mass is 266 g/mol. The first-order valence-electron chi connectivity index (χ1n) is 6.12. The molecule has 2 rings (SSSR count). The SMILES string of the molecule is O=C(O)c1cc(F)ccc1NC(=O)C1CCCNC1. The maximum absolute atomic E-state index is 13.0. The lowest BCUT2D eigenvalue weighted by Gasteiger charge is -2.22. The van der Waals surface area contributed by atoms with Crippen LogP contribution in [0.4, 0.5) is 10.1 Å². The summed E-state index contributed by atoms with van der Waals surface area (Å²) in [7, 11) is 0. The molecular weight excluding hydrogens is 251 g/mol. The van der Waals surface area contributed by atoms with Crippen molar-refractivity contribution in [2.45, 2.75) is 12.8 Å². The number of anilines is 1. The van der Waals surface area contributed by atoms with Crippen molar-refractivity contribution in [3.63, 3.8) is 0 Å². The quantitative estimate of drug-likeness (QED) is 0.774. The summed E-state index contributed by atoms with van der Waals surface area (Å²) in [6.07, 6.45) is 1.68. The molecule has 0 saturated carbocycles. The summed E-state index contributed by atoms with van der Waals surface area (Å²) in [5.74, 6) is -2.33. The number of carboxylic acids is 1. The third-order valence-corrected chi connectivity index (χ3v) is 3.14. The predicted molar refractivity (Wildman–Crippen MR) is 67.6 cm³/mol. The number of amides is 1. The number of benzene rings is 1. The summed E-state index contributed by atoms with van der Waals surface area (Å²) < 4.78 is 13.0. The second-order valence-electron chi connectivity index (χ2n) is 4.53. The van der Waals surface area contributed by atoms with Gasteiger partial charge in [0.1, 0.15) is 5.82 Å². The van der Waals surface area contributed by atoms with Gasteiger partial charge in [0.15, 0.2) is 0 Å². The van der Waals surface area contributed by atoms with Crippen LogP contribution in [0.15, 0.2) is 18.2 Å². The van der Waals surface area contributed by atoms with Crippen molar-refractivity contribution in [2.75, 3.05) is 18.4 Å². The molecular formula is C13H15FN2O3. The van der Waals surface area contributed by atoms with E-state index in [1.165, 1.54) is 6.07 Å². The number of nitrogens with one attached hydrogen (secondary N) is 2. The molecule has 102 valence electrons. The van der Waals surface area contributed by atoms with Gasteiger partial charge in [-0.15, -0.1) is 0 Å². The molecule has 1 aromatic rings. The molecule has 1 unspecified atom stereocenters. The maximum Gasteiger partial charge on any atom is 0.337 e. The van der Waals surface area contributed by atoms with Crippen molar-refractivity contribution in [2.24, 2.45) is 5.92 Å². The van der Waals surface area contributed by atoms with Crippen molar-refractivity contribution < 1.29 is 19.1 Å². The fourth-order valence-electron chi connectivity index (χ4n) is 2.11. The summed E-state index contributed by atoms with van der Waals surface area (Å²) in [4.78, 5) is 23.0. The molecule has 0 radical (unpaired) electrons. The molecule has 1 heterocycles. The average Bonchev–Trinajstić information content (AvgIpc) is 2.41. The Morgan fingerprint density at radius 2 is 2.21 bits per heavy atom. The van der Waals surface area contributed by atoms with E-state index >= 15 is 0 Å². The lowest BCUT2D eigenvalue weighted by molar-refractivity contribution is -0.120. The van der Waals surface area contributed by atoms with Crippen molar-refractivity contribution >= 4 is 17.6 Å². The van der Waals surface area contributed by atoms with Crippen LogP contribution in [0.2, 0.25) is 0 Å². The highest BCUT2D eigenvalue weighted by atomic mass is 19.1. The van der Waals surface area contributed by atoms with E-state index < -0.39 is 11.8 Å². The normalized spacial score (nSPS) is 18.9. The number of carbonyl (C=O) groups excluding carboxylic acids is 1. The molecule has 0 bridgehead atoms. The first-order valence-corrected chi connectivity index (χ1v) is 6.12. The van der Waals surface area contributed by atoms with E-state index in [4.69, 9.17) is 5.11 Å². The minimum absolute atomic E-state index is 0.129. The van der Waals surface area contributed by atoms with Gasteiger partial charge in [0, 0.05) is 6.54 Å². The van der Waals surface area contributed by atoms with Gasteiger partial charge in [0.2, 0.25) is 5.91 Å². The van der Waals surface area contributed by atoms with E-state index in [1.807, 2.05) is 0 Å². The summed E-state index contributed by atoms with van der Waals surface area (Å²) in [6.45, 7) is 1.47. The Balaban J connectivity index is 2.13. The molecule has 1 fully saturated rings. The standard InChI is InChI=1S/C13H15FN2O3/c14-9-3-4-11(10(6-9)13(18)19)16-12(17)8-2-1-5-15-7-8/h3-4,6,8,15H,1-2,5,7H2,(H,16,17)(H,18,19). The molecule has 0 aliphatic carbocycles. The topological polar surface area (TPSA) is 78.4 Å². The Labute approximate surface area is 109 Å². The molecule has 6 heteroatoms. The van der Waals surface area contributed by atoms with Gasteiger partial charge in [-0.05, 0) is 37.6 Å². The van der Waals surface area contributed by atoms with Crippen molar-refractivity contribution in [1.29, 1.82) is 0 Å².